The standard InChI is InChI=1S/C35H39ClN8O3/c1-35(2,3)47-34(46)44(16-5-4-11-38-20-23-6-8-27(29(36)18-23)31-22-40-13-14-41-31)17-15-42-33-26-10-12-39-21-28(26)25-9-7-24(32(37)45)19-30(25)43-33/h6-10,12-14,18-19,21-22,38H,4-5,11,15-17,20H2,1-3H3,(H2,37,45)(H,42,43). The van der Waals surface area contributed by atoms with Gasteiger partial charge in [0.1, 0.15) is 11.4 Å². The summed E-state index contributed by atoms with van der Waals surface area (Å²) in [6.45, 7) is 8.40. The van der Waals surface area contributed by atoms with Crippen molar-refractivity contribution in [1.82, 2.24) is 30.2 Å². The molecular weight excluding hydrogens is 616 g/mol. The summed E-state index contributed by atoms with van der Waals surface area (Å²) in [5.41, 5.74) is 8.55. The summed E-state index contributed by atoms with van der Waals surface area (Å²) in [5, 5.41) is 10.1. The van der Waals surface area contributed by atoms with Gasteiger partial charge in [-0.1, -0.05) is 29.8 Å². The Morgan fingerprint density at radius 2 is 1.74 bits per heavy atom. The fourth-order valence-corrected chi connectivity index (χ4v) is 5.47. The number of carbonyl (C=O) groups excluding carboxylic acids is 2. The number of primary amides is 1. The van der Waals surface area contributed by atoms with Gasteiger partial charge in [0.15, 0.2) is 0 Å². The maximum absolute atomic E-state index is 13.1. The van der Waals surface area contributed by atoms with Gasteiger partial charge in [-0.25, -0.2) is 9.78 Å². The van der Waals surface area contributed by atoms with Crippen molar-refractivity contribution >= 4 is 51.1 Å². The maximum atomic E-state index is 13.1. The summed E-state index contributed by atoms with van der Waals surface area (Å²) in [6.07, 6.45) is 9.75. The maximum Gasteiger partial charge on any atom is 0.410 e. The molecule has 0 aliphatic rings. The van der Waals surface area contributed by atoms with Crippen molar-refractivity contribution in [3.05, 3.63) is 89.6 Å². The van der Waals surface area contributed by atoms with E-state index in [4.69, 9.17) is 27.1 Å². The average Bonchev–Trinajstić information content (AvgIpc) is 3.04. The second-order valence-corrected chi connectivity index (χ2v) is 12.6. The highest BCUT2D eigenvalue weighted by atomic mass is 35.5. The lowest BCUT2D eigenvalue weighted by atomic mass is 10.1. The number of hydrogen-bond donors (Lipinski definition) is 3. The van der Waals surface area contributed by atoms with Crippen molar-refractivity contribution in [3.8, 4) is 11.3 Å². The van der Waals surface area contributed by atoms with E-state index in [9.17, 15) is 9.59 Å². The average molecular weight is 655 g/mol. The van der Waals surface area contributed by atoms with Gasteiger partial charge < -0.3 is 26.0 Å². The molecule has 0 radical (unpaired) electrons. The van der Waals surface area contributed by atoms with E-state index < -0.39 is 11.5 Å². The fourth-order valence-electron chi connectivity index (χ4n) is 5.17. The number of anilines is 1. The van der Waals surface area contributed by atoms with Gasteiger partial charge in [0.05, 0.1) is 22.4 Å². The molecule has 0 spiro atoms. The molecule has 12 heteroatoms. The van der Waals surface area contributed by atoms with Gasteiger partial charge in [0.2, 0.25) is 5.91 Å². The molecule has 0 saturated carbocycles. The first kappa shape index (κ1) is 33.5. The number of benzene rings is 2. The van der Waals surface area contributed by atoms with Crippen LogP contribution in [0.25, 0.3) is 32.9 Å². The molecule has 2 aromatic carbocycles. The highest BCUT2D eigenvalue weighted by Crippen LogP contribution is 2.29. The first-order valence-electron chi connectivity index (χ1n) is 15.5. The number of nitrogens with two attached hydrogens (primary N) is 1. The molecule has 47 heavy (non-hydrogen) atoms. The molecule has 0 fully saturated rings. The first-order chi connectivity index (χ1) is 22.6. The van der Waals surface area contributed by atoms with Crippen LogP contribution in [0.1, 0.15) is 49.5 Å². The summed E-state index contributed by atoms with van der Waals surface area (Å²) in [7, 11) is 0. The number of ether oxygens (including phenoxy) is 1. The number of pyridine rings is 2. The van der Waals surface area contributed by atoms with Crippen LogP contribution in [-0.4, -0.2) is 68.6 Å². The summed E-state index contributed by atoms with van der Waals surface area (Å²) < 4.78 is 5.71. The molecule has 4 N–H and O–H groups in total. The Labute approximate surface area is 278 Å². The Bertz CT molecular complexity index is 1860. The molecule has 11 nitrogen and oxygen atoms in total. The smallest absolute Gasteiger partial charge is 0.410 e. The Kier molecular flexibility index (Phi) is 10.8. The van der Waals surface area contributed by atoms with E-state index in [0.29, 0.717) is 48.1 Å². The Morgan fingerprint density at radius 3 is 2.49 bits per heavy atom. The minimum absolute atomic E-state index is 0.364. The third-order valence-corrected chi connectivity index (χ3v) is 7.75. The fraction of sp³-hybridized carbons (Fsp3) is 0.314. The van der Waals surface area contributed by atoms with Gasteiger partial charge in [-0.05, 0) is 70.0 Å². The molecule has 3 aromatic heterocycles. The van der Waals surface area contributed by atoms with E-state index in [1.165, 1.54) is 0 Å². The number of nitrogens with zero attached hydrogens (tertiary/aromatic N) is 5. The van der Waals surface area contributed by atoms with Gasteiger partial charge in [0, 0.05) is 78.3 Å². The number of unbranched alkanes of at least 4 members (excludes halogenated alkanes) is 1. The molecule has 0 bridgehead atoms. The molecule has 0 atom stereocenters. The second kappa shape index (κ2) is 15.1. The van der Waals surface area contributed by atoms with Gasteiger partial charge >= 0.3 is 6.09 Å². The predicted octanol–water partition coefficient (Wildman–Crippen LogP) is 6.21. The number of aromatic nitrogens is 4. The first-order valence-corrected chi connectivity index (χ1v) is 15.9. The van der Waals surface area contributed by atoms with Gasteiger partial charge in [-0.15, -0.1) is 0 Å². The molecule has 0 unspecified atom stereocenters. The minimum atomic E-state index is -0.616. The molecule has 0 aliphatic carbocycles. The zero-order valence-corrected chi connectivity index (χ0v) is 27.6. The van der Waals surface area contributed by atoms with Crippen LogP contribution in [0, 0.1) is 0 Å². The molecule has 3 heterocycles. The highest BCUT2D eigenvalue weighted by molar-refractivity contribution is 6.33. The lowest BCUT2D eigenvalue weighted by molar-refractivity contribution is 0.0254. The SMILES string of the molecule is CC(C)(C)OC(=O)N(CCCCNCc1ccc(-c2cnccn2)c(Cl)c1)CCNc1nc2cc(C(N)=O)ccc2c2cnccc12. The zero-order chi connectivity index (χ0) is 33.4. The van der Waals surface area contributed by atoms with Crippen LogP contribution in [0.3, 0.4) is 0 Å². The number of hydrogen-bond acceptors (Lipinski definition) is 9. The lowest BCUT2D eigenvalue weighted by Crippen LogP contribution is -2.40. The Balaban J connectivity index is 1.17. The minimum Gasteiger partial charge on any atom is -0.444 e. The Morgan fingerprint density at radius 1 is 0.915 bits per heavy atom. The number of amides is 2. The van der Waals surface area contributed by atoms with Crippen LogP contribution >= 0.6 is 11.6 Å². The van der Waals surface area contributed by atoms with Crippen LogP contribution in [0.4, 0.5) is 10.6 Å². The van der Waals surface area contributed by atoms with Crippen LogP contribution in [0.5, 0.6) is 0 Å². The second-order valence-electron chi connectivity index (χ2n) is 12.2. The van der Waals surface area contributed by atoms with Crippen molar-refractivity contribution in [1.29, 1.82) is 0 Å². The van der Waals surface area contributed by atoms with Gasteiger partial charge in [0.25, 0.3) is 0 Å². The van der Waals surface area contributed by atoms with Crippen molar-refractivity contribution in [3.63, 3.8) is 0 Å². The highest BCUT2D eigenvalue weighted by Gasteiger charge is 2.22. The number of fused-ring (bicyclic) bond motifs is 3. The van der Waals surface area contributed by atoms with E-state index in [2.05, 4.69) is 25.6 Å². The topological polar surface area (TPSA) is 148 Å². The van der Waals surface area contributed by atoms with Crippen molar-refractivity contribution in [2.24, 2.45) is 5.73 Å². The summed E-state index contributed by atoms with van der Waals surface area (Å²) in [6, 6.07) is 13.0. The monoisotopic (exact) mass is 654 g/mol. The van der Waals surface area contributed by atoms with Crippen LogP contribution < -0.4 is 16.4 Å². The molecular formula is C35H39ClN8O3. The van der Waals surface area contributed by atoms with E-state index in [0.717, 1.165) is 52.4 Å². The van der Waals surface area contributed by atoms with E-state index in [1.54, 1.807) is 48.0 Å². The zero-order valence-electron chi connectivity index (χ0n) is 26.8. The van der Waals surface area contributed by atoms with E-state index in [-0.39, 0.29) is 6.09 Å². The van der Waals surface area contributed by atoms with Crippen molar-refractivity contribution in [2.45, 2.75) is 45.8 Å². The van der Waals surface area contributed by atoms with E-state index >= 15 is 0 Å². The molecule has 5 rings (SSSR count). The normalized spacial score (nSPS) is 11.5. The molecule has 5 aromatic rings. The third kappa shape index (κ3) is 8.90. The molecule has 0 saturated heterocycles. The quantitative estimate of drug-likeness (QED) is 0.0995. The van der Waals surface area contributed by atoms with Gasteiger partial charge in [-0.3, -0.25) is 19.7 Å². The van der Waals surface area contributed by atoms with E-state index in [1.807, 2.05) is 51.1 Å². The predicted molar refractivity (Wildman–Crippen MR) is 185 cm³/mol. The Hall–Kier alpha value is -4.87. The van der Waals surface area contributed by atoms with Crippen LogP contribution in [-0.2, 0) is 11.3 Å². The van der Waals surface area contributed by atoms with Crippen molar-refractivity contribution < 1.29 is 14.3 Å². The molecule has 2 amide bonds. The van der Waals surface area contributed by atoms with Crippen LogP contribution in [0.2, 0.25) is 5.02 Å². The summed E-state index contributed by atoms with van der Waals surface area (Å²) >= 11 is 6.52. The number of rotatable bonds is 13. The summed E-state index contributed by atoms with van der Waals surface area (Å²) in [4.78, 5) is 44.1. The largest absolute Gasteiger partial charge is 0.444 e. The van der Waals surface area contributed by atoms with Crippen molar-refractivity contribution in [2.75, 3.05) is 31.5 Å². The lowest BCUT2D eigenvalue weighted by Gasteiger charge is -2.27. The number of nitrogens with one attached hydrogen (secondary N) is 2. The molecule has 0 aliphatic heterocycles. The molecule has 244 valence electrons. The van der Waals surface area contributed by atoms with Crippen LogP contribution in [0.15, 0.2) is 73.4 Å². The third-order valence-electron chi connectivity index (χ3n) is 7.44. The summed E-state index contributed by atoms with van der Waals surface area (Å²) in [5.74, 6) is 0.116. The van der Waals surface area contributed by atoms with Gasteiger partial charge in [-0.2, -0.15) is 0 Å². The number of carbonyl (C=O) groups is 2. The number of halogens is 1.